The molecule has 0 aromatic heterocycles. The summed E-state index contributed by atoms with van der Waals surface area (Å²) in [4.78, 5) is 0. The third-order valence-electron chi connectivity index (χ3n) is 1.04. The van der Waals surface area contributed by atoms with E-state index in [4.69, 9.17) is 9.84 Å². The summed E-state index contributed by atoms with van der Waals surface area (Å²) in [5.41, 5.74) is 1.00. The van der Waals surface area contributed by atoms with Crippen molar-refractivity contribution in [2.24, 2.45) is 0 Å². The Morgan fingerprint density at radius 2 is 2.57 bits per heavy atom. The molecule has 0 aromatic rings. The van der Waals surface area contributed by atoms with E-state index < -0.39 is 0 Å². The Hall–Kier alpha value is -0.500. The van der Waals surface area contributed by atoms with Crippen LogP contribution in [0, 0.1) is 0 Å². The van der Waals surface area contributed by atoms with E-state index in [-0.39, 0.29) is 0 Å². The maximum atomic E-state index is 8.32. The molecule has 0 radical (unpaired) electrons. The molecule has 1 heterocycles. The van der Waals surface area contributed by atoms with Crippen molar-refractivity contribution >= 4 is 0 Å². The Morgan fingerprint density at radius 3 is 2.86 bits per heavy atom. The van der Waals surface area contributed by atoms with Gasteiger partial charge in [0.1, 0.15) is 0 Å². The predicted molar refractivity (Wildman–Crippen MR) is 26.1 cm³/mol. The predicted octanol–water partition coefficient (Wildman–Crippen LogP) is 0.849. The Balaban J connectivity index is 2.41. The van der Waals surface area contributed by atoms with Gasteiger partial charge < -0.3 is 9.84 Å². The van der Waals surface area contributed by atoms with Crippen molar-refractivity contribution in [3.05, 3.63) is 11.8 Å². The van der Waals surface area contributed by atoms with Crippen LogP contribution in [0.2, 0.25) is 0 Å². The molecule has 0 unspecified atom stereocenters. The average molecular weight is 100 g/mol. The van der Waals surface area contributed by atoms with E-state index in [1.807, 2.05) is 0 Å². The first-order valence-corrected chi connectivity index (χ1v) is 2.33. The average Bonchev–Trinajstić information content (AvgIpc) is 2.14. The largest absolute Gasteiger partial charge is 0.516 e. The zero-order chi connectivity index (χ0) is 5.11. The molecule has 1 rings (SSSR count). The van der Waals surface area contributed by atoms with Crippen molar-refractivity contribution in [3.63, 3.8) is 0 Å². The Labute approximate surface area is 42.4 Å². The summed E-state index contributed by atoms with van der Waals surface area (Å²) < 4.78 is 4.92. The number of aliphatic hydroxyl groups is 1. The Morgan fingerprint density at radius 1 is 1.71 bits per heavy atom. The van der Waals surface area contributed by atoms with Gasteiger partial charge in [0.2, 0.25) is 0 Å². The van der Waals surface area contributed by atoms with Crippen molar-refractivity contribution in [1.82, 2.24) is 0 Å². The third-order valence-corrected chi connectivity index (χ3v) is 1.04. The molecule has 2 heteroatoms. The van der Waals surface area contributed by atoms with Gasteiger partial charge in [-0.2, -0.15) is 0 Å². The first-order valence-electron chi connectivity index (χ1n) is 2.33. The summed E-state index contributed by atoms with van der Waals surface area (Å²) in [6.07, 6.45) is 2.03. The maximum Gasteiger partial charge on any atom is 0.0807 e. The fourth-order valence-corrected chi connectivity index (χ4v) is 0.581. The lowest BCUT2D eigenvalue weighted by atomic mass is 10.3. The molecule has 0 aromatic carbocycles. The quantitative estimate of drug-likeness (QED) is 0.457. The van der Waals surface area contributed by atoms with E-state index in [1.54, 1.807) is 0 Å². The second-order valence-corrected chi connectivity index (χ2v) is 1.59. The molecule has 2 nitrogen and oxygen atoms in total. The summed E-state index contributed by atoms with van der Waals surface area (Å²) in [5.74, 6) is 0. The minimum Gasteiger partial charge on any atom is -0.516 e. The normalized spacial score (nSPS) is 26.6. The highest BCUT2D eigenvalue weighted by molar-refractivity contribution is 5.00. The number of hydrogen-bond acceptors (Lipinski definition) is 2. The van der Waals surface area contributed by atoms with Gasteiger partial charge in [0.25, 0.3) is 0 Å². The highest BCUT2D eigenvalue weighted by Crippen LogP contribution is 2.08. The van der Waals surface area contributed by atoms with E-state index in [2.05, 4.69) is 0 Å². The van der Waals surface area contributed by atoms with E-state index in [1.165, 1.54) is 0 Å². The molecule has 1 aliphatic rings. The van der Waals surface area contributed by atoms with Gasteiger partial charge in [-0.05, 0) is 12.0 Å². The van der Waals surface area contributed by atoms with E-state index in [0.717, 1.165) is 24.9 Å². The fraction of sp³-hybridized carbons (Fsp3) is 0.600. The van der Waals surface area contributed by atoms with Crippen LogP contribution < -0.4 is 0 Å². The van der Waals surface area contributed by atoms with Gasteiger partial charge >= 0.3 is 0 Å². The van der Waals surface area contributed by atoms with Crippen molar-refractivity contribution in [3.8, 4) is 0 Å². The first-order chi connectivity index (χ1) is 3.43. The summed E-state index contributed by atoms with van der Waals surface area (Å²) in [5, 5.41) is 8.32. The van der Waals surface area contributed by atoms with Crippen LogP contribution >= 0.6 is 0 Å². The highest BCUT2D eigenvalue weighted by Gasteiger charge is 2.04. The summed E-state index contributed by atoms with van der Waals surface area (Å²) >= 11 is 0. The Kier molecular flexibility index (Phi) is 1.32. The Bertz CT molecular complexity index is 78.1. The van der Waals surface area contributed by atoms with Crippen molar-refractivity contribution in [1.29, 1.82) is 0 Å². The second-order valence-electron chi connectivity index (χ2n) is 1.59. The second kappa shape index (κ2) is 1.98. The van der Waals surface area contributed by atoms with Crippen molar-refractivity contribution in [2.45, 2.75) is 6.42 Å². The minimum absolute atomic E-state index is 0.622. The van der Waals surface area contributed by atoms with Crippen LogP contribution in [0.15, 0.2) is 11.8 Å². The summed E-state index contributed by atoms with van der Waals surface area (Å²) in [6.45, 7) is 1.39. The van der Waals surface area contributed by atoms with Gasteiger partial charge in [-0.3, -0.25) is 0 Å². The summed E-state index contributed by atoms with van der Waals surface area (Å²) in [7, 11) is 0. The smallest absolute Gasteiger partial charge is 0.0807 e. The molecule has 1 saturated heterocycles. The van der Waals surface area contributed by atoms with E-state index >= 15 is 0 Å². The van der Waals surface area contributed by atoms with Gasteiger partial charge in [-0.1, -0.05) is 0 Å². The molecule has 0 atom stereocenters. The van der Waals surface area contributed by atoms with E-state index in [0.29, 0.717) is 6.61 Å². The lowest BCUT2D eigenvalue weighted by molar-refractivity contribution is 0.204. The van der Waals surface area contributed by atoms with Gasteiger partial charge in [0, 0.05) is 0 Å². The number of aliphatic hydroxyl groups excluding tert-OH is 1. The number of rotatable bonds is 0. The minimum atomic E-state index is 0.622. The van der Waals surface area contributed by atoms with Crippen LogP contribution in [0.1, 0.15) is 6.42 Å². The van der Waals surface area contributed by atoms with Crippen LogP contribution in [-0.4, -0.2) is 18.3 Å². The zero-order valence-corrected chi connectivity index (χ0v) is 4.05. The molecule has 1 aliphatic heterocycles. The molecular formula is C5H8O2. The first kappa shape index (κ1) is 4.65. The maximum absolute atomic E-state index is 8.32. The lowest BCUT2D eigenvalue weighted by Crippen LogP contribution is -1.78. The highest BCUT2D eigenvalue weighted by atomic mass is 16.5. The molecule has 0 saturated carbocycles. The monoisotopic (exact) mass is 100 g/mol. The van der Waals surface area contributed by atoms with Gasteiger partial charge in [0.05, 0.1) is 19.5 Å². The summed E-state index contributed by atoms with van der Waals surface area (Å²) in [6, 6.07) is 0. The van der Waals surface area contributed by atoms with Gasteiger partial charge in [-0.15, -0.1) is 0 Å². The van der Waals surface area contributed by atoms with Crippen LogP contribution in [0.5, 0.6) is 0 Å². The molecule has 0 bridgehead atoms. The number of hydrogen-bond donors (Lipinski definition) is 1. The molecule has 40 valence electrons. The number of ether oxygens (including phenoxy) is 1. The van der Waals surface area contributed by atoms with Gasteiger partial charge in [0.15, 0.2) is 0 Å². The lowest BCUT2D eigenvalue weighted by Gasteiger charge is -1.82. The topological polar surface area (TPSA) is 29.5 Å². The molecular weight excluding hydrogens is 92.1 g/mol. The van der Waals surface area contributed by atoms with Crippen molar-refractivity contribution < 1.29 is 9.84 Å². The molecule has 1 fully saturated rings. The standard InChI is InChI=1S/C5H8O2/c6-3-5-1-2-7-4-5/h3,6H,1-2,4H2/b5-3+. The van der Waals surface area contributed by atoms with Crippen LogP contribution in [0.4, 0.5) is 0 Å². The molecule has 0 aliphatic carbocycles. The molecule has 7 heavy (non-hydrogen) atoms. The van der Waals surface area contributed by atoms with E-state index in [9.17, 15) is 0 Å². The van der Waals surface area contributed by atoms with Crippen molar-refractivity contribution in [2.75, 3.05) is 13.2 Å². The zero-order valence-electron chi connectivity index (χ0n) is 4.05. The SMILES string of the molecule is O/C=C1\CCOC1. The van der Waals surface area contributed by atoms with Gasteiger partial charge in [-0.25, -0.2) is 0 Å². The molecule has 1 N–H and O–H groups in total. The molecule has 0 amide bonds. The van der Waals surface area contributed by atoms with Crippen LogP contribution in [0.25, 0.3) is 0 Å². The molecule has 0 spiro atoms. The fourth-order valence-electron chi connectivity index (χ4n) is 0.581. The van der Waals surface area contributed by atoms with Crippen LogP contribution in [-0.2, 0) is 4.74 Å². The van der Waals surface area contributed by atoms with Crippen LogP contribution in [0.3, 0.4) is 0 Å². The third kappa shape index (κ3) is 0.933.